The van der Waals surface area contributed by atoms with E-state index < -0.39 is 21.7 Å². The summed E-state index contributed by atoms with van der Waals surface area (Å²) in [7, 11) is -0.733. The summed E-state index contributed by atoms with van der Waals surface area (Å²) in [4.78, 5) is 24.6. The van der Waals surface area contributed by atoms with E-state index in [0.29, 0.717) is 12.1 Å². The highest BCUT2D eigenvalue weighted by molar-refractivity contribution is 8.32. The molecule has 0 saturated heterocycles. The third-order valence-corrected chi connectivity index (χ3v) is 5.18. The quantitative estimate of drug-likeness (QED) is 0.719. The van der Waals surface area contributed by atoms with Gasteiger partial charge in [0.15, 0.2) is 0 Å². The van der Waals surface area contributed by atoms with E-state index in [9.17, 15) is 9.59 Å². The lowest BCUT2D eigenvalue weighted by Gasteiger charge is -2.24. The Morgan fingerprint density at radius 1 is 1.19 bits per heavy atom. The van der Waals surface area contributed by atoms with Crippen LogP contribution < -0.4 is 0 Å². The molecule has 0 saturated carbocycles. The van der Waals surface area contributed by atoms with Gasteiger partial charge in [-0.05, 0) is 58.1 Å². The first-order valence-electron chi connectivity index (χ1n) is 8.89. The molecule has 0 unspecified atom stereocenters. The van der Waals surface area contributed by atoms with Crippen molar-refractivity contribution in [3.63, 3.8) is 0 Å². The van der Waals surface area contributed by atoms with Gasteiger partial charge in [-0.1, -0.05) is 12.1 Å². The normalized spacial score (nSPS) is 12.9. The first kappa shape index (κ1) is 21.3. The Labute approximate surface area is 162 Å². The molecule has 1 aromatic heterocycles. The minimum atomic E-state index is -0.733. The molecule has 0 aliphatic carbocycles. The predicted molar refractivity (Wildman–Crippen MR) is 111 cm³/mol. The average Bonchev–Trinajstić information content (AvgIpc) is 2.80. The Morgan fingerprint density at radius 3 is 2.44 bits per heavy atom. The molecule has 2 aromatic rings. The molecule has 150 valence electrons. The van der Waals surface area contributed by atoms with Gasteiger partial charge in [-0.2, -0.15) is 9.78 Å². The smallest absolute Gasteiger partial charge is 0.435 e. The number of carbonyl (C=O) groups is 2. The van der Waals surface area contributed by atoms with Gasteiger partial charge < -0.3 is 9.47 Å². The Morgan fingerprint density at radius 2 is 1.85 bits per heavy atom. The number of carbonyl (C=O) groups excluding carboxylic acids is 2. The molecule has 7 heteroatoms. The van der Waals surface area contributed by atoms with E-state index in [1.54, 1.807) is 6.07 Å². The van der Waals surface area contributed by atoms with Gasteiger partial charge in [0.2, 0.25) is 0 Å². The highest BCUT2D eigenvalue weighted by Crippen LogP contribution is 2.33. The predicted octanol–water partition coefficient (Wildman–Crippen LogP) is 3.91. The highest BCUT2D eigenvalue weighted by Gasteiger charge is 2.19. The molecule has 0 aliphatic rings. The zero-order valence-corrected chi connectivity index (χ0v) is 18.1. The number of fused-ring (bicyclic) bond motifs is 1. The van der Waals surface area contributed by atoms with Crippen molar-refractivity contribution in [1.29, 1.82) is 0 Å². The fourth-order valence-corrected chi connectivity index (χ4v) is 3.13. The van der Waals surface area contributed by atoms with E-state index in [1.165, 1.54) is 4.68 Å². The van der Waals surface area contributed by atoms with Crippen LogP contribution in [0, 0.1) is 6.92 Å². The summed E-state index contributed by atoms with van der Waals surface area (Å²) in [5.74, 6) is 0.543. The first-order chi connectivity index (χ1) is 12.4. The van der Waals surface area contributed by atoms with Crippen LogP contribution in [-0.4, -0.2) is 58.6 Å². The Balaban J connectivity index is 2.20. The summed E-state index contributed by atoms with van der Waals surface area (Å²) in [6, 6.07) is 5.54. The van der Waals surface area contributed by atoms with Crippen molar-refractivity contribution in [3.8, 4) is 0 Å². The Bertz CT molecular complexity index is 844. The summed E-state index contributed by atoms with van der Waals surface area (Å²) < 4.78 is 12.1. The third kappa shape index (κ3) is 6.27. The van der Waals surface area contributed by atoms with E-state index in [4.69, 9.17) is 9.47 Å². The average molecular weight is 395 g/mol. The number of benzene rings is 1. The van der Waals surface area contributed by atoms with Crippen LogP contribution >= 0.6 is 10.0 Å². The molecular formula is C20H30N2O4S. The van der Waals surface area contributed by atoms with E-state index in [1.807, 2.05) is 39.8 Å². The van der Waals surface area contributed by atoms with E-state index in [-0.39, 0.29) is 12.4 Å². The van der Waals surface area contributed by atoms with Crippen LogP contribution in [0.4, 0.5) is 4.79 Å². The molecule has 0 amide bonds. The lowest BCUT2D eigenvalue weighted by atomic mass is 10.1. The minimum Gasteiger partial charge on any atom is -0.460 e. The molecule has 1 heterocycles. The van der Waals surface area contributed by atoms with Gasteiger partial charge in [0.25, 0.3) is 0 Å². The van der Waals surface area contributed by atoms with Crippen molar-refractivity contribution in [2.75, 3.05) is 31.1 Å². The molecule has 0 bridgehead atoms. The van der Waals surface area contributed by atoms with Crippen molar-refractivity contribution < 1.29 is 19.1 Å². The number of aryl methyl sites for hydroxylation is 1. The second kappa shape index (κ2) is 7.92. The molecule has 0 aliphatic heterocycles. The van der Waals surface area contributed by atoms with Crippen molar-refractivity contribution in [2.24, 2.45) is 0 Å². The molecule has 6 nitrogen and oxygen atoms in total. The van der Waals surface area contributed by atoms with Gasteiger partial charge in [-0.3, -0.25) is 4.79 Å². The van der Waals surface area contributed by atoms with Gasteiger partial charge in [0.05, 0.1) is 17.6 Å². The standard InChI is InChI=1S/C20H30N2O4S/c1-14-16-9-8-15(13-18(23)26-20(2,3)4)12-17(16)22(21-14)19(24)25-10-11-27(5,6)7/h8-9,12H,10-11,13H2,1-7H3. The number of aromatic nitrogens is 2. The molecule has 0 N–H and O–H groups in total. The van der Waals surface area contributed by atoms with Crippen molar-refractivity contribution in [2.45, 2.75) is 39.7 Å². The van der Waals surface area contributed by atoms with Gasteiger partial charge in [-0.15, -0.1) is 0 Å². The Hall–Kier alpha value is -2.02. The second-order valence-corrected chi connectivity index (χ2v) is 13.1. The first-order valence-corrected chi connectivity index (χ1v) is 11.9. The molecule has 2 rings (SSSR count). The molecule has 0 fully saturated rings. The summed E-state index contributed by atoms with van der Waals surface area (Å²) >= 11 is 0. The largest absolute Gasteiger partial charge is 0.460 e. The highest BCUT2D eigenvalue weighted by atomic mass is 32.3. The summed E-state index contributed by atoms with van der Waals surface area (Å²) in [5.41, 5.74) is 1.62. The monoisotopic (exact) mass is 394 g/mol. The van der Waals surface area contributed by atoms with Crippen molar-refractivity contribution in [3.05, 3.63) is 29.5 Å². The summed E-state index contributed by atoms with van der Waals surface area (Å²) in [6.45, 7) is 7.72. The topological polar surface area (TPSA) is 70.4 Å². The van der Waals surface area contributed by atoms with Crippen LogP contribution in [0.25, 0.3) is 10.9 Å². The molecule has 27 heavy (non-hydrogen) atoms. The van der Waals surface area contributed by atoms with Crippen LogP contribution in [0.1, 0.15) is 32.0 Å². The van der Waals surface area contributed by atoms with Gasteiger partial charge in [0.1, 0.15) is 12.2 Å². The van der Waals surface area contributed by atoms with Crippen LogP contribution in [0.5, 0.6) is 0 Å². The zero-order chi connectivity index (χ0) is 20.4. The third-order valence-electron chi connectivity index (χ3n) is 3.79. The number of hydrogen-bond acceptors (Lipinski definition) is 5. The Kier molecular flexibility index (Phi) is 6.24. The van der Waals surface area contributed by atoms with Crippen LogP contribution in [-0.2, 0) is 20.7 Å². The second-order valence-electron chi connectivity index (χ2n) is 8.52. The van der Waals surface area contributed by atoms with Crippen LogP contribution in [0.2, 0.25) is 0 Å². The number of hydrogen-bond donors (Lipinski definition) is 0. The van der Waals surface area contributed by atoms with Crippen molar-refractivity contribution >= 4 is 33.0 Å². The number of esters is 1. The van der Waals surface area contributed by atoms with Crippen LogP contribution in [0.3, 0.4) is 0 Å². The number of ether oxygens (including phenoxy) is 2. The fourth-order valence-electron chi connectivity index (χ4n) is 2.55. The summed E-state index contributed by atoms with van der Waals surface area (Å²) in [6.07, 6.45) is 6.18. The molecule has 0 spiro atoms. The van der Waals surface area contributed by atoms with E-state index in [2.05, 4.69) is 23.9 Å². The van der Waals surface area contributed by atoms with E-state index in [0.717, 1.165) is 22.4 Å². The SMILES string of the molecule is Cc1nn(C(=O)OCCS(C)(C)C)c2cc(CC(=O)OC(C)(C)C)ccc12. The van der Waals surface area contributed by atoms with Gasteiger partial charge in [-0.25, -0.2) is 14.8 Å². The summed E-state index contributed by atoms with van der Waals surface area (Å²) in [5, 5.41) is 5.18. The van der Waals surface area contributed by atoms with Crippen LogP contribution in [0.15, 0.2) is 18.2 Å². The maximum Gasteiger partial charge on any atom is 0.435 e. The molecule has 0 radical (unpaired) electrons. The maximum atomic E-state index is 12.5. The van der Waals surface area contributed by atoms with E-state index >= 15 is 0 Å². The molecular weight excluding hydrogens is 364 g/mol. The van der Waals surface area contributed by atoms with Gasteiger partial charge in [0, 0.05) is 11.1 Å². The molecule has 0 atom stereocenters. The molecule has 1 aromatic carbocycles. The zero-order valence-electron chi connectivity index (χ0n) is 17.3. The number of rotatable bonds is 5. The van der Waals surface area contributed by atoms with Crippen molar-refractivity contribution in [1.82, 2.24) is 9.78 Å². The minimum absolute atomic E-state index is 0.139. The maximum absolute atomic E-state index is 12.5. The lowest BCUT2D eigenvalue weighted by Crippen LogP contribution is -2.24. The lowest BCUT2D eigenvalue weighted by molar-refractivity contribution is -0.153. The number of nitrogens with zero attached hydrogens (tertiary/aromatic N) is 2. The van der Waals surface area contributed by atoms with Gasteiger partial charge >= 0.3 is 12.1 Å². The fraction of sp³-hybridized carbons (Fsp3) is 0.550.